The van der Waals surface area contributed by atoms with Gasteiger partial charge in [-0.1, -0.05) is 19.1 Å². The van der Waals surface area contributed by atoms with Crippen LogP contribution < -0.4 is 5.32 Å². The highest BCUT2D eigenvalue weighted by Crippen LogP contribution is 2.33. The smallest absolute Gasteiger partial charge is 0.101 e. The molecule has 1 aromatic rings. The Labute approximate surface area is 78.2 Å². The van der Waals surface area contributed by atoms with Crippen LogP contribution >= 0.6 is 0 Å². The van der Waals surface area contributed by atoms with Gasteiger partial charge in [-0.25, -0.2) is 0 Å². The predicted molar refractivity (Wildman–Crippen MR) is 52.3 cm³/mol. The van der Waals surface area contributed by atoms with E-state index in [-0.39, 0.29) is 0 Å². The van der Waals surface area contributed by atoms with E-state index in [1.54, 1.807) is 0 Å². The van der Waals surface area contributed by atoms with Crippen molar-refractivity contribution < 1.29 is 0 Å². The van der Waals surface area contributed by atoms with Gasteiger partial charge in [0.15, 0.2) is 0 Å². The number of benzene rings is 1. The second kappa shape index (κ2) is 3.10. The summed E-state index contributed by atoms with van der Waals surface area (Å²) >= 11 is 0. The fraction of sp³-hybridized carbons (Fsp3) is 0.364. The zero-order chi connectivity index (χ0) is 9.26. The maximum Gasteiger partial charge on any atom is 0.101 e. The van der Waals surface area contributed by atoms with Gasteiger partial charge in [0, 0.05) is 6.04 Å². The van der Waals surface area contributed by atoms with Crippen molar-refractivity contribution >= 4 is 5.69 Å². The Bertz CT molecular complexity index is 351. The first kappa shape index (κ1) is 8.12. The van der Waals surface area contributed by atoms with Crippen LogP contribution in [0.1, 0.15) is 18.9 Å². The maximum absolute atomic E-state index is 8.83. The van der Waals surface area contributed by atoms with Crippen molar-refractivity contribution in [3.05, 3.63) is 29.8 Å². The molecule has 2 heteroatoms. The Morgan fingerprint density at radius 3 is 2.77 bits per heavy atom. The molecule has 0 saturated heterocycles. The molecular weight excluding hydrogens is 160 g/mol. The van der Waals surface area contributed by atoms with Crippen molar-refractivity contribution in [2.75, 3.05) is 5.32 Å². The first-order valence-electron chi connectivity index (χ1n) is 4.57. The van der Waals surface area contributed by atoms with Gasteiger partial charge >= 0.3 is 0 Å². The molecule has 0 aliphatic heterocycles. The van der Waals surface area contributed by atoms with Gasteiger partial charge in [0.25, 0.3) is 0 Å². The lowest BCUT2D eigenvalue weighted by atomic mass is 10.2. The summed E-state index contributed by atoms with van der Waals surface area (Å²) in [5, 5.41) is 12.2. The largest absolute Gasteiger partial charge is 0.381 e. The molecular formula is C11H12N2. The summed E-state index contributed by atoms with van der Waals surface area (Å²) in [6.07, 6.45) is 1.22. The Morgan fingerprint density at radius 1 is 1.46 bits per heavy atom. The molecule has 1 saturated carbocycles. The van der Waals surface area contributed by atoms with Crippen molar-refractivity contribution in [1.29, 1.82) is 5.26 Å². The summed E-state index contributed by atoms with van der Waals surface area (Å²) in [7, 11) is 0. The number of nitriles is 1. The topological polar surface area (TPSA) is 35.8 Å². The van der Waals surface area contributed by atoms with E-state index in [2.05, 4.69) is 18.3 Å². The number of nitrogens with zero attached hydrogens (tertiary/aromatic N) is 1. The minimum atomic E-state index is 0.578. The van der Waals surface area contributed by atoms with E-state index in [1.807, 2.05) is 24.3 Å². The monoisotopic (exact) mass is 172 g/mol. The normalized spacial score (nSPS) is 24.9. The maximum atomic E-state index is 8.83. The third-order valence-corrected chi connectivity index (χ3v) is 2.50. The molecule has 0 aromatic heterocycles. The van der Waals surface area contributed by atoms with E-state index in [0.717, 1.165) is 17.2 Å². The van der Waals surface area contributed by atoms with Gasteiger partial charge in [0.05, 0.1) is 11.3 Å². The number of nitrogens with one attached hydrogen (secondary N) is 1. The lowest BCUT2D eigenvalue weighted by Gasteiger charge is -2.05. The van der Waals surface area contributed by atoms with Crippen LogP contribution in [0.4, 0.5) is 5.69 Å². The summed E-state index contributed by atoms with van der Waals surface area (Å²) in [6, 6.07) is 10.4. The second-order valence-corrected chi connectivity index (χ2v) is 3.62. The van der Waals surface area contributed by atoms with Gasteiger partial charge in [-0.05, 0) is 24.5 Å². The molecule has 0 radical (unpaired) electrons. The summed E-state index contributed by atoms with van der Waals surface area (Å²) < 4.78 is 0. The van der Waals surface area contributed by atoms with E-state index in [4.69, 9.17) is 5.26 Å². The van der Waals surface area contributed by atoms with Crippen LogP contribution in [-0.4, -0.2) is 6.04 Å². The molecule has 0 heterocycles. The molecule has 66 valence electrons. The van der Waals surface area contributed by atoms with E-state index < -0.39 is 0 Å². The van der Waals surface area contributed by atoms with Crippen molar-refractivity contribution in [3.8, 4) is 6.07 Å². The van der Waals surface area contributed by atoms with Crippen LogP contribution in [0.5, 0.6) is 0 Å². The molecule has 1 aliphatic rings. The van der Waals surface area contributed by atoms with Gasteiger partial charge in [-0.3, -0.25) is 0 Å². The number of hydrogen-bond acceptors (Lipinski definition) is 2. The van der Waals surface area contributed by atoms with Crippen LogP contribution in [0.25, 0.3) is 0 Å². The molecule has 1 aromatic carbocycles. The highest BCUT2D eigenvalue weighted by molar-refractivity contribution is 5.58. The molecule has 2 rings (SSSR count). The van der Waals surface area contributed by atoms with Gasteiger partial charge < -0.3 is 5.32 Å². The van der Waals surface area contributed by atoms with Crippen LogP contribution in [0, 0.1) is 17.2 Å². The van der Waals surface area contributed by atoms with Crippen LogP contribution in [-0.2, 0) is 0 Å². The van der Waals surface area contributed by atoms with Gasteiger partial charge in [0.2, 0.25) is 0 Å². The average Bonchev–Trinajstić information content (AvgIpc) is 2.83. The van der Waals surface area contributed by atoms with Gasteiger partial charge in [-0.2, -0.15) is 5.26 Å². The lowest BCUT2D eigenvalue weighted by molar-refractivity contribution is 0.929. The van der Waals surface area contributed by atoms with E-state index in [1.165, 1.54) is 6.42 Å². The summed E-state index contributed by atoms with van der Waals surface area (Å²) in [6.45, 7) is 2.21. The summed E-state index contributed by atoms with van der Waals surface area (Å²) in [5.74, 6) is 0.756. The van der Waals surface area contributed by atoms with Crippen LogP contribution in [0.15, 0.2) is 24.3 Å². The summed E-state index contributed by atoms with van der Waals surface area (Å²) in [4.78, 5) is 0. The molecule has 13 heavy (non-hydrogen) atoms. The van der Waals surface area contributed by atoms with Crippen LogP contribution in [0.2, 0.25) is 0 Å². The number of hydrogen-bond donors (Lipinski definition) is 1. The zero-order valence-corrected chi connectivity index (χ0v) is 7.62. The second-order valence-electron chi connectivity index (χ2n) is 3.62. The molecule has 0 spiro atoms. The lowest BCUT2D eigenvalue weighted by Crippen LogP contribution is -2.04. The fourth-order valence-electron chi connectivity index (χ4n) is 1.43. The molecule has 1 fully saturated rings. The van der Waals surface area contributed by atoms with Gasteiger partial charge in [0.1, 0.15) is 6.07 Å². The quantitative estimate of drug-likeness (QED) is 0.743. The molecule has 2 nitrogen and oxygen atoms in total. The van der Waals surface area contributed by atoms with Crippen molar-refractivity contribution in [1.82, 2.24) is 0 Å². The third kappa shape index (κ3) is 1.65. The zero-order valence-electron chi connectivity index (χ0n) is 7.62. The molecule has 2 atom stereocenters. The first-order chi connectivity index (χ1) is 6.31. The molecule has 0 amide bonds. The number of para-hydroxylation sites is 1. The average molecular weight is 172 g/mol. The first-order valence-corrected chi connectivity index (χ1v) is 4.57. The van der Waals surface area contributed by atoms with Gasteiger partial charge in [-0.15, -0.1) is 0 Å². The van der Waals surface area contributed by atoms with Crippen molar-refractivity contribution in [3.63, 3.8) is 0 Å². The minimum absolute atomic E-state index is 0.578. The molecule has 1 N–H and O–H groups in total. The minimum Gasteiger partial charge on any atom is -0.381 e. The Kier molecular flexibility index (Phi) is 1.94. The highest BCUT2D eigenvalue weighted by Gasteiger charge is 2.32. The van der Waals surface area contributed by atoms with E-state index in [0.29, 0.717) is 6.04 Å². The van der Waals surface area contributed by atoms with E-state index in [9.17, 15) is 0 Å². The highest BCUT2D eigenvalue weighted by atomic mass is 15.0. The van der Waals surface area contributed by atoms with Crippen molar-refractivity contribution in [2.24, 2.45) is 5.92 Å². The fourth-order valence-corrected chi connectivity index (χ4v) is 1.43. The Balaban J connectivity index is 2.15. The SMILES string of the molecule is CC1CC1Nc1ccccc1C#N. The Morgan fingerprint density at radius 2 is 2.15 bits per heavy atom. The predicted octanol–water partition coefficient (Wildman–Crippen LogP) is 2.38. The molecule has 0 bridgehead atoms. The standard InChI is InChI=1S/C11H12N2/c1-8-6-11(8)13-10-5-3-2-4-9(10)7-12/h2-5,8,11,13H,6H2,1H3. The molecule has 1 aliphatic carbocycles. The summed E-state index contributed by atoms with van der Waals surface area (Å²) in [5.41, 5.74) is 1.71. The van der Waals surface area contributed by atoms with E-state index >= 15 is 0 Å². The number of anilines is 1. The molecule has 2 unspecified atom stereocenters. The van der Waals surface area contributed by atoms with Crippen LogP contribution in [0.3, 0.4) is 0 Å². The van der Waals surface area contributed by atoms with Crippen molar-refractivity contribution in [2.45, 2.75) is 19.4 Å². The number of rotatable bonds is 2. The Hall–Kier alpha value is -1.49. The third-order valence-electron chi connectivity index (χ3n) is 2.50.